The van der Waals surface area contributed by atoms with Gasteiger partial charge in [0.15, 0.2) is 0 Å². The van der Waals surface area contributed by atoms with E-state index in [-0.39, 0.29) is 5.97 Å². The average molecular weight is 220 g/mol. The molecule has 0 fully saturated rings. The summed E-state index contributed by atoms with van der Waals surface area (Å²) in [4.78, 5) is 21.2. The minimum Gasteiger partial charge on any atom is -0.478 e. The Morgan fingerprint density at radius 3 is 2.44 bits per heavy atom. The van der Waals surface area contributed by atoms with Crippen LogP contribution in [0.1, 0.15) is 18.9 Å². The summed E-state index contributed by atoms with van der Waals surface area (Å²) in [5.41, 5.74) is 0.735. The third kappa shape index (κ3) is 3.96. The molecule has 0 aliphatic carbocycles. The first-order chi connectivity index (χ1) is 7.61. The third-order valence-corrected chi connectivity index (χ3v) is 1.82. The number of carbonyl (C=O) groups is 2. The molecule has 0 saturated heterocycles. The Morgan fingerprint density at radius 1 is 1.31 bits per heavy atom. The summed E-state index contributed by atoms with van der Waals surface area (Å²) in [6.45, 7) is 1.71. The van der Waals surface area contributed by atoms with Gasteiger partial charge in [0, 0.05) is 12.5 Å². The standard InChI is InChI=1S/C12H12O4/c1-2-12(15)16-10-6-3-9(4-7-10)5-8-11(13)14/h3-8H,2H2,1H3,(H,13,14). The first-order valence-electron chi connectivity index (χ1n) is 4.83. The fourth-order valence-corrected chi connectivity index (χ4v) is 1.02. The van der Waals surface area contributed by atoms with Crippen molar-refractivity contribution in [2.24, 2.45) is 0 Å². The SMILES string of the molecule is CCC(=O)Oc1ccc(C=CC(=O)O)cc1. The number of esters is 1. The summed E-state index contributed by atoms with van der Waals surface area (Å²) in [6, 6.07) is 6.60. The lowest BCUT2D eigenvalue weighted by atomic mass is 10.2. The van der Waals surface area contributed by atoms with Crippen molar-refractivity contribution in [3.63, 3.8) is 0 Å². The molecule has 1 aromatic carbocycles. The molecule has 1 rings (SSSR count). The van der Waals surface area contributed by atoms with Crippen molar-refractivity contribution in [1.82, 2.24) is 0 Å². The van der Waals surface area contributed by atoms with Crippen molar-refractivity contribution in [3.8, 4) is 5.75 Å². The van der Waals surface area contributed by atoms with Gasteiger partial charge in [0.05, 0.1) is 0 Å². The number of ether oxygens (including phenoxy) is 1. The van der Waals surface area contributed by atoms with E-state index in [2.05, 4.69) is 0 Å². The van der Waals surface area contributed by atoms with E-state index in [9.17, 15) is 9.59 Å². The Morgan fingerprint density at radius 2 is 1.94 bits per heavy atom. The number of carbonyl (C=O) groups excluding carboxylic acids is 1. The van der Waals surface area contributed by atoms with Crippen LogP contribution in [0.2, 0.25) is 0 Å². The second-order valence-electron chi connectivity index (χ2n) is 3.07. The Labute approximate surface area is 93.2 Å². The van der Waals surface area contributed by atoms with E-state index < -0.39 is 5.97 Å². The second kappa shape index (κ2) is 5.70. The normalized spacial score (nSPS) is 10.3. The van der Waals surface area contributed by atoms with E-state index in [0.29, 0.717) is 12.2 Å². The number of aliphatic carboxylic acids is 1. The zero-order chi connectivity index (χ0) is 12.0. The average Bonchev–Trinajstić information content (AvgIpc) is 2.28. The predicted octanol–water partition coefficient (Wildman–Crippen LogP) is 2.10. The third-order valence-electron chi connectivity index (χ3n) is 1.82. The molecule has 0 spiro atoms. The van der Waals surface area contributed by atoms with Gasteiger partial charge in [-0.25, -0.2) is 4.79 Å². The lowest BCUT2D eigenvalue weighted by molar-refractivity contribution is -0.134. The minimum absolute atomic E-state index is 0.297. The van der Waals surface area contributed by atoms with E-state index >= 15 is 0 Å². The van der Waals surface area contributed by atoms with Crippen molar-refractivity contribution >= 4 is 18.0 Å². The lowest BCUT2D eigenvalue weighted by Crippen LogP contribution is -2.05. The zero-order valence-corrected chi connectivity index (χ0v) is 8.84. The summed E-state index contributed by atoms with van der Waals surface area (Å²) in [5, 5.41) is 8.42. The number of benzene rings is 1. The number of carboxylic acid groups (broad SMARTS) is 1. The molecule has 1 aromatic rings. The van der Waals surface area contributed by atoms with Crippen LogP contribution in [0.3, 0.4) is 0 Å². The Balaban J connectivity index is 2.68. The molecule has 0 atom stereocenters. The maximum Gasteiger partial charge on any atom is 0.328 e. The van der Waals surface area contributed by atoms with Crippen LogP contribution in [0.15, 0.2) is 30.3 Å². The van der Waals surface area contributed by atoms with E-state index in [0.717, 1.165) is 11.6 Å². The molecule has 4 nitrogen and oxygen atoms in total. The van der Waals surface area contributed by atoms with Crippen LogP contribution in [0.25, 0.3) is 6.08 Å². The van der Waals surface area contributed by atoms with Gasteiger partial charge in [-0.3, -0.25) is 4.79 Å². The van der Waals surface area contributed by atoms with Crippen molar-refractivity contribution in [2.45, 2.75) is 13.3 Å². The van der Waals surface area contributed by atoms with Gasteiger partial charge in [0.1, 0.15) is 5.75 Å². The van der Waals surface area contributed by atoms with Crippen LogP contribution in [-0.2, 0) is 9.59 Å². The topological polar surface area (TPSA) is 63.6 Å². The molecule has 0 amide bonds. The summed E-state index contributed by atoms with van der Waals surface area (Å²) >= 11 is 0. The molecule has 0 aliphatic heterocycles. The van der Waals surface area contributed by atoms with Gasteiger partial charge < -0.3 is 9.84 Å². The minimum atomic E-state index is -0.999. The molecule has 0 bridgehead atoms. The lowest BCUT2D eigenvalue weighted by Gasteiger charge is -2.02. The van der Waals surface area contributed by atoms with Gasteiger partial charge in [-0.1, -0.05) is 19.1 Å². The Bertz CT molecular complexity index is 404. The molecular formula is C12H12O4. The van der Waals surface area contributed by atoms with E-state index in [1.54, 1.807) is 31.2 Å². The molecule has 0 aromatic heterocycles. The quantitative estimate of drug-likeness (QED) is 0.479. The van der Waals surface area contributed by atoms with Gasteiger partial charge in [-0.15, -0.1) is 0 Å². The highest BCUT2D eigenvalue weighted by molar-refractivity contribution is 5.85. The van der Waals surface area contributed by atoms with Crippen LogP contribution in [0.4, 0.5) is 0 Å². The Hall–Kier alpha value is -2.10. The molecular weight excluding hydrogens is 208 g/mol. The molecule has 84 valence electrons. The zero-order valence-electron chi connectivity index (χ0n) is 8.84. The molecule has 0 unspecified atom stereocenters. The fourth-order valence-electron chi connectivity index (χ4n) is 1.02. The predicted molar refractivity (Wildman–Crippen MR) is 59.0 cm³/mol. The molecule has 16 heavy (non-hydrogen) atoms. The van der Waals surface area contributed by atoms with E-state index in [1.807, 2.05) is 0 Å². The summed E-state index contributed by atoms with van der Waals surface area (Å²) in [5.74, 6) is -0.838. The van der Waals surface area contributed by atoms with Gasteiger partial charge in [0.2, 0.25) is 0 Å². The van der Waals surface area contributed by atoms with Crippen LogP contribution < -0.4 is 4.74 Å². The van der Waals surface area contributed by atoms with Crippen LogP contribution in [0.5, 0.6) is 5.75 Å². The first-order valence-corrected chi connectivity index (χ1v) is 4.83. The van der Waals surface area contributed by atoms with Crippen molar-refractivity contribution < 1.29 is 19.4 Å². The van der Waals surface area contributed by atoms with Gasteiger partial charge in [-0.2, -0.15) is 0 Å². The summed E-state index contributed by atoms with van der Waals surface area (Å²) in [6.07, 6.45) is 2.83. The highest BCUT2D eigenvalue weighted by Crippen LogP contribution is 2.13. The summed E-state index contributed by atoms with van der Waals surface area (Å²) in [7, 11) is 0. The smallest absolute Gasteiger partial charge is 0.328 e. The fraction of sp³-hybridized carbons (Fsp3) is 0.167. The number of carboxylic acids is 1. The molecule has 1 N–H and O–H groups in total. The number of rotatable bonds is 4. The first kappa shape index (κ1) is 12.0. The number of hydrogen-bond donors (Lipinski definition) is 1. The van der Waals surface area contributed by atoms with Gasteiger partial charge in [-0.05, 0) is 23.8 Å². The number of hydrogen-bond acceptors (Lipinski definition) is 3. The van der Waals surface area contributed by atoms with Gasteiger partial charge >= 0.3 is 11.9 Å². The molecule has 0 aliphatic rings. The Kier molecular flexibility index (Phi) is 4.27. The molecule has 0 radical (unpaired) electrons. The molecule has 0 heterocycles. The highest BCUT2D eigenvalue weighted by atomic mass is 16.5. The van der Waals surface area contributed by atoms with Crippen molar-refractivity contribution in [1.29, 1.82) is 0 Å². The van der Waals surface area contributed by atoms with Crippen LogP contribution in [0, 0.1) is 0 Å². The van der Waals surface area contributed by atoms with Crippen LogP contribution >= 0.6 is 0 Å². The molecule has 4 heteroatoms. The second-order valence-corrected chi connectivity index (χ2v) is 3.07. The largest absolute Gasteiger partial charge is 0.478 e. The maximum atomic E-state index is 11.0. The van der Waals surface area contributed by atoms with Crippen molar-refractivity contribution in [2.75, 3.05) is 0 Å². The highest BCUT2D eigenvalue weighted by Gasteiger charge is 2.00. The maximum absolute atomic E-state index is 11.0. The van der Waals surface area contributed by atoms with Crippen molar-refractivity contribution in [3.05, 3.63) is 35.9 Å². The van der Waals surface area contributed by atoms with E-state index in [4.69, 9.17) is 9.84 Å². The van der Waals surface area contributed by atoms with E-state index in [1.165, 1.54) is 6.08 Å². The monoisotopic (exact) mass is 220 g/mol. The summed E-state index contributed by atoms with van der Waals surface area (Å²) < 4.78 is 4.96. The van der Waals surface area contributed by atoms with Gasteiger partial charge in [0.25, 0.3) is 0 Å². The van der Waals surface area contributed by atoms with Crippen LogP contribution in [-0.4, -0.2) is 17.0 Å². The molecule has 0 saturated carbocycles.